The predicted octanol–water partition coefficient (Wildman–Crippen LogP) is 2.14. The lowest BCUT2D eigenvalue weighted by atomic mass is 9.88. The van der Waals surface area contributed by atoms with Crippen LogP contribution < -0.4 is 5.32 Å². The number of hydrogen-bond donors (Lipinski definition) is 2. The van der Waals surface area contributed by atoms with E-state index in [2.05, 4.69) is 5.32 Å². The van der Waals surface area contributed by atoms with Crippen LogP contribution in [0.5, 0.6) is 0 Å². The van der Waals surface area contributed by atoms with E-state index in [1.807, 2.05) is 30.3 Å². The molecule has 2 amide bonds. The largest absolute Gasteiger partial charge is 0.396 e. The Morgan fingerprint density at radius 3 is 2.52 bits per heavy atom. The highest BCUT2D eigenvalue weighted by molar-refractivity contribution is 5.86. The van der Waals surface area contributed by atoms with E-state index in [1.165, 1.54) is 12.0 Å². The Balaban J connectivity index is 1.80. The third-order valence-electron chi connectivity index (χ3n) is 4.77. The first-order valence-corrected chi connectivity index (χ1v) is 9.41. The summed E-state index contributed by atoms with van der Waals surface area (Å²) in [6.07, 6.45) is 6.51. The summed E-state index contributed by atoms with van der Waals surface area (Å²) in [5, 5.41) is 12.0. The van der Waals surface area contributed by atoms with Gasteiger partial charge in [0.05, 0.1) is 6.54 Å². The Bertz CT molecular complexity index is 527. The molecule has 0 bridgehead atoms. The average molecular weight is 346 g/mol. The minimum Gasteiger partial charge on any atom is -0.396 e. The number of carbonyl (C=O) groups excluding carboxylic acids is 2. The fourth-order valence-electron chi connectivity index (χ4n) is 3.36. The molecule has 138 valence electrons. The normalized spacial score (nSPS) is 14.9. The number of amides is 2. The molecule has 1 saturated carbocycles. The molecule has 0 radical (unpaired) electrons. The first-order valence-electron chi connectivity index (χ1n) is 9.41. The minimum atomic E-state index is -0.127. The van der Waals surface area contributed by atoms with Gasteiger partial charge in [-0.15, -0.1) is 0 Å². The Morgan fingerprint density at radius 1 is 1.12 bits per heavy atom. The molecule has 0 saturated heterocycles. The molecular weight excluding hydrogens is 316 g/mol. The molecule has 1 aromatic carbocycles. The van der Waals surface area contributed by atoms with Gasteiger partial charge in [-0.25, -0.2) is 0 Å². The highest BCUT2D eigenvalue weighted by Gasteiger charge is 2.26. The number of aliphatic hydroxyl groups is 1. The maximum atomic E-state index is 12.7. The standard InChI is InChI=1S/C20H30N2O3/c23-15-7-14-22(20(25)18-10-5-2-6-11-18)16-19(24)21-13-12-17-8-3-1-4-9-17/h1,3-4,8-9,18,23H,2,5-7,10-16H2,(H,21,24). The molecular formula is C20H30N2O3. The Labute approximate surface area is 150 Å². The van der Waals surface area contributed by atoms with Gasteiger partial charge in [0, 0.05) is 25.6 Å². The molecule has 0 atom stereocenters. The van der Waals surface area contributed by atoms with Gasteiger partial charge < -0.3 is 15.3 Å². The second-order valence-corrected chi connectivity index (χ2v) is 6.76. The number of benzene rings is 1. The summed E-state index contributed by atoms with van der Waals surface area (Å²) >= 11 is 0. The summed E-state index contributed by atoms with van der Waals surface area (Å²) in [6, 6.07) is 10.0. The van der Waals surface area contributed by atoms with Crippen LogP contribution in [0.3, 0.4) is 0 Å². The van der Waals surface area contributed by atoms with Crippen molar-refractivity contribution in [3.63, 3.8) is 0 Å². The molecule has 2 N–H and O–H groups in total. The Hall–Kier alpha value is -1.88. The van der Waals surface area contributed by atoms with E-state index in [0.717, 1.165) is 32.1 Å². The van der Waals surface area contributed by atoms with E-state index < -0.39 is 0 Å². The highest BCUT2D eigenvalue weighted by Crippen LogP contribution is 2.25. The van der Waals surface area contributed by atoms with E-state index in [9.17, 15) is 9.59 Å². The summed E-state index contributed by atoms with van der Waals surface area (Å²) in [4.78, 5) is 26.6. The Kier molecular flexibility index (Phi) is 8.46. The molecule has 25 heavy (non-hydrogen) atoms. The van der Waals surface area contributed by atoms with E-state index >= 15 is 0 Å². The lowest BCUT2D eigenvalue weighted by Crippen LogP contribution is -2.44. The molecule has 2 rings (SSSR count). The Morgan fingerprint density at radius 2 is 1.84 bits per heavy atom. The molecule has 0 heterocycles. The number of hydrogen-bond acceptors (Lipinski definition) is 3. The first kappa shape index (κ1) is 19.4. The van der Waals surface area contributed by atoms with Crippen molar-refractivity contribution in [2.75, 3.05) is 26.2 Å². The first-order chi connectivity index (χ1) is 12.2. The van der Waals surface area contributed by atoms with Crippen LogP contribution in [-0.4, -0.2) is 48.1 Å². The average Bonchev–Trinajstić information content (AvgIpc) is 2.66. The number of rotatable bonds is 9. The van der Waals surface area contributed by atoms with Gasteiger partial charge in [0.25, 0.3) is 0 Å². The summed E-state index contributed by atoms with van der Waals surface area (Å²) in [7, 11) is 0. The van der Waals surface area contributed by atoms with Gasteiger partial charge in [-0.3, -0.25) is 9.59 Å². The molecule has 5 nitrogen and oxygen atoms in total. The van der Waals surface area contributed by atoms with Crippen molar-refractivity contribution in [1.82, 2.24) is 10.2 Å². The third kappa shape index (κ3) is 6.86. The minimum absolute atomic E-state index is 0.0318. The van der Waals surface area contributed by atoms with Crippen molar-refractivity contribution >= 4 is 11.8 Å². The molecule has 0 unspecified atom stereocenters. The zero-order valence-electron chi connectivity index (χ0n) is 15.0. The highest BCUT2D eigenvalue weighted by atomic mass is 16.3. The number of nitrogens with zero attached hydrogens (tertiary/aromatic N) is 1. The monoisotopic (exact) mass is 346 g/mol. The smallest absolute Gasteiger partial charge is 0.239 e. The maximum Gasteiger partial charge on any atom is 0.239 e. The van der Waals surface area contributed by atoms with Crippen LogP contribution in [-0.2, 0) is 16.0 Å². The quantitative estimate of drug-likeness (QED) is 0.720. The summed E-state index contributed by atoms with van der Waals surface area (Å²) in [6.45, 7) is 1.13. The molecule has 1 fully saturated rings. The van der Waals surface area contributed by atoms with Crippen molar-refractivity contribution < 1.29 is 14.7 Å². The zero-order chi connectivity index (χ0) is 17.9. The number of nitrogens with one attached hydrogen (secondary N) is 1. The van der Waals surface area contributed by atoms with Gasteiger partial charge in [0.1, 0.15) is 0 Å². The van der Waals surface area contributed by atoms with Crippen LogP contribution in [0, 0.1) is 5.92 Å². The second-order valence-electron chi connectivity index (χ2n) is 6.76. The van der Waals surface area contributed by atoms with E-state index in [4.69, 9.17) is 5.11 Å². The van der Waals surface area contributed by atoms with Gasteiger partial charge in [-0.2, -0.15) is 0 Å². The van der Waals surface area contributed by atoms with Crippen LogP contribution in [0.1, 0.15) is 44.1 Å². The lowest BCUT2D eigenvalue weighted by Gasteiger charge is -2.29. The number of aliphatic hydroxyl groups excluding tert-OH is 1. The third-order valence-corrected chi connectivity index (χ3v) is 4.77. The fraction of sp³-hybridized carbons (Fsp3) is 0.600. The topological polar surface area (TPSA) is 69.6 Å². The van der Waals surface area contributed by atoms with Gasteiger partial charge in [0.2, 0.25) is 11.8 Å². The van der Waals surface area contributed by atoms with Crippen molar-refractivity contribution in [3.8, 4) is 0 Å². The van der Waals surface area contributed by atoms with Crippen molar-refractivity contribution in [2.24, 2.45) is 5.92 Å². The molecule has 5 heteroatoms. The second kappa shape index (κ2) is 10.9. The predicted molar refractivity (Wildman–Crippen MR) is 98.0 cm³/mol. The van der Waals surface area contributed by atoms with Crippen LogP contribution in [0.2, 0.25) is 0 Å². The molecule has 0 aromatic heterocycles. The van der Waals surface area contributed by atoms with Crippen LogP contribution >= 0.6 is 0 Å². The van der Waals surface area contributed by atoms with Crippen molar-refractivity contribution in [3.05, 3.63) is 35.9 Å². The van der Waals surface area contributed by atoms with Gasteiger partial charge in [-0.05, 0) is 31.2 Å². The summed E-state index contributed by atoms with van der Waals surface area (Å²) in [5.74, 6) is -0.00560. The van der Waals surface area contributed by atoms with Crippen LogP contribution in [0.4, 0.5) is 0 Å². The fourth-order valence-corrected chi connectivity index (χ4v) is 3.36. The van der Waals surface area contributed by atoms with E-state index in [1.54, 1.807) is 4.90 Å². The molecule has 1 aliphatic carbocycles. The maximum absolute atomic E-state index is 12.7. The molecule has 0 aliphatic heterocycles. The zero-order valence-corrected chi connectivity index (χ0v) is 15.0. The van der Waals surface area contributed by atoms with Gasteiger partial charge >= 0.3 is 0 Å². The van der Waals surface area contributed by atoms with Crippen molar-refractivity contribution in [1.29, 1.82) is 0 Å². The van der Waals surface area contributed by atoms with Crippen molar-refractivity contribution in [2.45, 2.75) is 44.9 Å². The molecule has 1 aromatic rings. The SMILES string of the molecule is O=C(CN(CCCO)C(=O)C1CCCCC1)NCCc1ccccc1. The van der Waals surface area contributed by atoms with Crippen LogP contribution in [0.25, 0.3) is 0 Å². The molecule has 0 spiro atoms. The van der Waals surface area contributed by atoms with Gasteiger partial charge in [0.15, 0.2) is 0 Å². The summed E-state index contributed by atoms with van der Waals surface area (Å²) < 4.78 is 0. The van der Waals surface area contributed by atoms with E-state index in [0.29, 0.717) is 19.5 Å². The summed E-state index contributed by atoms with van der Waals surface area (Å²) in [5.41, 5.74) is 1.18. The van der Waals surface area contributed by atoms with Crippen LogP contribution in [0.15, 0.2) is 30.3 Å². The van der Waals surface area contributed by atoms with Gasteiger partial charge in [-0.1, -0.05) is 49.6 Å². The molecule has 1 aliphatic rings. The lowest BCUT2D eigenvalue weighted by molar-refractivity contribution is -0.140. The van der Waals surface area contributed by atoms with E-state index in [-0.39, 0.29) is 30.9 Å². The number of carbonyl (C=O) groups is 2.